The molecular weight excluding hydrogens is 96.1 g/mol. The van der Waals surface area contributed by atoms with Crippen molar-refractivity contribution in [3.63, 3.8) is 0 Å². The van der Waals surface area contributed by atoms with Crippen molar-refractivity contribution in [2.75, 3.05) is 0 Å². The summed E-state index contributed by atoms with van der Waals surface area (Å²) in [6, 6.07) is 0. The molecule has 0 fully saturated rings. The summed E-state index contributed by atoms with van der Waals surface area (Å²) >= 11 is 0. The van der Waals surface area contributed by atoms with Crippen molar-refractivity contribution in [3.8, 4) is 0 Å². The Morgan fingerprint density at radius 2 is 1.25 bits per heavy atom. The summed E-state index contributed by atoms with van der Waals surface area (Å²) in [5.74, 6) is 0. The predicted octanol–water partition coefficient (Wildman–Crippen LogP) is 2.69. The lowest BCUT2D eigenvalue weighted by Crippen LogP contribution is -1.56. The maximum Gasteiger partial charge on any atom is -0.0172 e. The molecule has 0 aromatic rings. The molecule has 0 aliphatic heterocycles. The Kier molecular flexibility index (Phi) is 5.61. The van der Waals surface area contributed by atoms with Gasteiger partial charge in [0, 0.05) is 0 Å². The lowest BCUT2D eigenvalue weighted by Gasteiger charge is -1.77. The van der Waals surface area contributed by atoms with Crippen molar-refractivity contribution >= 4 is 0 Å². The fraction of sp³-hybridized carbons (Fsp3) is 0.250. The lowest BCUT2D eigenvalue weighted by molar-refractivity contribution is 1.32. The van der Waals surface area contributed by atoms with Crippen LogP contribution in [0.5, 0.6) is 0 Å². The summed E-state index contributed by atoms with van der Waals surface area (Å²) in [5, 5.41) is 0. The molecule has 0 saturated carbocycles. The van der Waals surface area contributed by atoms with Crippen LogP contribution in [-0.4, -0.2) is 0 Å². The number of hydrogen-bond donors (Lipinski definition) is 0. The highest BCUT2D eigenvalue weighted by Crippen LogP contribution is 1.86. The van der Waals surface area contributed by atoms with E-state index in [-0.39, 0.29) is 0 Å². The third kappa shape index (κ3) is 5.22. The average molecular weight is 108 g/mol. The van der Waals surface area contributed by atoms with Crippen molar-refractivity contribution in [3.05, 3.63) is 37.5 Å². The molecule has 0 heterocycles. The molecule has 0 rings (SSSR count). The van der Waals surface area contributed by atoms with E-state index in [9.17, 15) is 0 Å². The van der Waals surface area contributed by atoms with Crippen LogP contribution in [0.2, 0.25) is 0 Å². The quantitative estimate of drug-likeness (QED) is 0.486. The Morgan fingerprint density at radius 1 is 0.875 bits per heavy atom. The Labute approximate surface area is 51.2 Å². The third-order valence-electron chi connectivity index (χ3n) is 0.772. The molecule has 0 atom stereocenters. The summed E-state index contributed by atoms with van der Waals surface area (Å²) in [6.07, 6.45) is 9.84. The van der Waals surface area contributed by atoms with E-state index in [2.05, 4.69) is 25.3 Å². The first-order valence-electron chi connectivity index (χ1n) is 2.78. The molecule has 0 heteroatoms. The minimum atomic E-state index is 0.966. The van der Waals surface area contributed by atoms with Gasteiger partial charge in [-0.2, -0.15) is 0 Å². The smallest absolute Gasteiger partial charge is 0.0172 e. The molecule has 0 saturated heterocycles. The molecule has 0 unspecified atom stereocenters. The molecule has 0 aromatic heterocycles. The van der Waals surface area contributed by atoms with Gasteiger partial charge in [0.15, 0.2) is 0 Å². The van der Waals surface area contributed by atoms with Gasteiger partial charge in [0.2, 0.25) is 0 Å². The fourth-order valence-electron chi connectivity index (χ4n) is 0.385. The van der Waals surface area contributed by atoms with Gasteiger partial charge in [-0.3, -0.25) is 0 Å². The number of rotatable bonds is 4. The van der Waals surface area contributed by atoms with Gasteiger partial charge in [-0.05, 0) is 12.8 Å². The van der Waals surface area contributed by atoms with Crippen LogP contribution in [0.25, 0.3) is 0 Å². The van der Waals surface area contributed by atoms with Crippen LogP contribution in [0.3, 0.4) is 0 Å². The van der Waals surface area contributed by atoms with Crippen molar-refractivity contribution < 1.29 is 0 Å². The molecule has 0 bridgehead atoms. The van der Waals surface area contributed by atoms with Gasteiger partial charge in [0.25, 0.3) is 0 Å². The van der Waals surface area contributed by atoms with E-state index < -0.39 is 0 Å². The molecule has 0 N–H and O–H groups in total. The fourth-order valence-corrected chi connectivity index (χ4v) is 0.385. The molecule has 0 nitrogen and oxygen atoms in total. The van der Waals surface area contributed by atoms with Crippen molar-refractivity contribution in [1.82, 2.24) is 0 Å². The van der Waals surface area contributed by atoms with Crippen LogP contribution in [0.4, 0.5) is 0 Å². The van der Waals surface area contributed by atoms with Crippen molar-refractivity contribution in [2.45, 2.75) is 12.8 Å². The van der Waals surface area contributed by atoms with E-state index in [1.54, 1.807) is 0 Å². The molecule has 0 aliphatic rings. The first kappa shape index (κ1) is 7.22. The molecule has 0 amide bonds. The highest BCUT2D eigenvalue weighted by molar-refractivity contribution is 4.92. The van der Waals surface area contributed by atoms with Gasteiger partial charge in [-0.25, -0.2) is 0 Å². The molecule has 0 radical (unpaired) electrons. The van der Waals surface area contributed by atoms with Crippen molar-refractivity contribution in [2.24, 2.45) is 0 Å². The molecule has 8 heavy (non-hydrogen) atoms. The summed E-state index contributed by atoms with van der Waals surface area (Å²) in [4.78, 5) is 0. The maximum atomic E-state index is 3.58. The lowest BCUT2D eigenvalue weighted by atomic mass is 10.3. The van der Waals surface area contributed by atoms with Gasteiger partial charge < -0.3 is 0 Å². The first-order chi connectivity index (χ1) is 3.91. The van der Waals surface area contributed by atoms with E-state index in [0.29, 0.717) is 0 Å². The van der Waals surface area contributed by atoms with E-state index in [4.69, 9.17) is 0 Å². The highest BCUT2D eigenvalue weighted by atomic mass is 13.7. The predicted molar refractivity (Wildman–Crippen MR) is 38.8 cm³/mol. The zero-order valence-electron chi connectivity index (χ0n) is 5.14. The molecular formula is C8H12. The second-order valence-electron chi connectivity index (χ2n) is 1.52. The van der Waals surface area contributed by atoms with Crippen LogP contribution < -0.4 is 0 Å². The van der Waals surface area contributed by atoms with Gasteiger partial charge in [-0.15, -0.1) is 13.2 Å². The van der Waals surface area contributed by atoms with Crippen molar-refractivity contribution in [1.29, 1.82) is 0 Å². The molecule has 44 valence electrons. The molecule has 0 aromatic carbocycles. The highest BCUT2D eigenvalue weighted by Gasteiger charge is 1.65. The van der Waals surface area contributed by atoms with Crippen LogP contribution in [0.1, 0.15) is 12.8 Å². The number of allylic oxidation sites excluding steroid dienone is 4. The summed E-state index contributed by atoms with van der Waals surface area (Å²) < 4.78 is 0. The van der Waals surface area contributed by atoms with Gasteiger partial charge >= 0.3 is 0 Å². The third-order valence-corrected chi connectivity index (χ3v) is 0.772. The minimum absolute atomic E-state index is 0.966. The SMILES string of the molecule is C=CCC=CCC=C. The second kappa shape index (κ2) is 6.22. The van der Waals surface area contributed by atoms with Crippen LogP contribution in [0.15, 0.2) is 37.5 Å². The van der Waals surface area contributed by atoms with Gasteiger partial charge in [0.1, 0.15) is 0 Å². The standard InChI is InChI=1S/C8H12/c1-3-5-7-8-6-4-2/h3-4,7-8H,1-2,5-6H2. The average Bonchev–Trinajstić information content (AvgIpc) is 1.81. The van der Waals surface area contributed by atoms with E-state index in [0.717, 1.165) is 12.8 Å². The van der Waals surface area contributed by atoms with Crippen LogP contribution >= 0.6 is 0 Å². The normalized spacial score (nSPS) is 9.50. The Morgan fingerprint density at radius 3 is 1.50 bits per heavy atom. The zero-order valence-corrected chi connectivity index (χ0v) is 5.14. The maximum absolute atomic E-state index is 3.58. The number of hydrogen-bond acceptors (Lipinski definition) is 0. The molecule has 0 spiro atoms. The Hall–Kier alpha value is -0.780. The van der Waals surface area contributed by atoms with E-state index >= 15 is 0 Å². The molecule has 0 aliphatic carbocycles. The Balaban J connectivity index is 3.06. The van der Waals surface area contributed by atoms with Crippen LogP contribution in [0, 0.1) is 0 Å². The summed E-state index contributed by atoms with van der Waals surface area (Å²) in [7, 11) is 0. The van der Waals surface area contributed by atoms with Gasteiger partial charge in [0.05, 0.1) is 0 Å². The monoisotopic (exact) mass is 108 g/mol. The van der Waals surface area contributed by atoms with E-state index in [1.807, 2.05) is 12.2 Å². The summed E-state index contributed by atoms with van der Waals surface area (Å²) in [6.45, 7) is 7.16. The topological polar surface area (TPSA) is 0 Å². The minimum Gasteiger partial charge on any atom is -0.103 e. The zero-order chi connectivity index (χ0) is 6.24. The van der Waals surface area contributed by atoms with E-state index in [1.165, 1.54) is 0 Å². The largest absolute Gasteiger partial charge is 0.103 e. The Bertz CT molecular complexity index is 76.2. The summed E-state index contributed by atoms with van der Waals surface area (Å²) in [5.41, 5.74) is 0. The second-order valence-corrected chi connectivity index (χ2v) is 1.52. The first-order valence-corrected chi connectivity index (χ1v) is 2.78. The van der Waals surface area contributed by atoms with Crippen LogP contribution in [-0.2, 0) is 0 Å². The van der Waals surface area contributed by atoms with Gasteiger partial charge in [-0.1, -0.05) is 24.3 Å².